The van der Waals surface area contributed by atoms with Crippen LogP contribution in [0.2, 0.25) is 0 Å². The quantitative estimate of drug-likeness (QED) is 0.820. The first-order valence-corrected chi connectivity index (χ1v) is 6.11. The van der Waals surface area contributed by atoms with Gasteiger partial charge in [-0.3, -0.25) is 4.79 Å². The van der Waals surface area contributed by atoms with Gasteiger partial charge in [-0.1, -0.05) is 30.3 Å². The number of hydrogen-bond acceptors (Lipinski definition) is 2. The average Bonchev–Trinajstić information content (AvgIpc) is 2.76. The molecule has 0 saturated carbocycles. The summed E-state index contributed by atoms with van der Waals surface area (Å²) in [7, 11) is 0. The normalized spacial score (nSPS) is 15.0. The summed E-state index contributed by atoms with van der Waals surface area (Å²) in [6.45, 7) is 0. The van der Waals surface area contributed by atoms with Crippen LogP contribution in [0.4, 0.5) is 5.69 Å². The molecule has 0 bridgehead atoms. The minimum atomic E-state index is -0.985. The number of benzene rings is 2. The van der Waals surface area contributed by atoms with E-state index >= 15 is 0 Å². The van der Waals surface area contributed by atoms with Gasteiger partial charge in [0.05, 0.1) is 5.56 Å². The van der Waals surface area contributed by atoms with E-state index in [2.05, 4.69) is 5.32 Å². The zero-order valence-electron chi connectivity index (χ0n) is 10.5. The maximum atomic E-state index is 12.0. The molecule has 98 valence electrons. The van der Waals surface area contributed by atoms with E-state index in [0.717, 1.165) is 11.3 Å². The van der Waals surface area contributed by atoms with Crippen LogP contribution in [0, 0.1) is 0 Å². The lowest BCUT2D eigenvalue weighted by molar-refractivity contribution is -0.110. The number of carbonyl (C=O) groups excluding carboxylic acids is 1. The molecule has 20 heavy (non-hydrogen) atoms. The second-order valence-corrected chi connectivity index (χ2v) is 4.49. The monoisotopic (exact) mass is 265 g/mol. The van der Waals surface area contributed by atoms with Crippen molar-refractivity contribution in [1.29, 1.82) is 0 Å². The number of nitrogens with one attached hydrogen (secondary N) is 1. The number of rotatable bonds is 2. The minimum absolute atomic E-state index is 0.174. The van der Waals surface area contributed by atoms with E-state index in [1.807, 2.05) is 24.3 Å². The molecule has 0 radical (unpaired) electrons. The smallest absolute Gasteiger partial charge is 0.335 e. The number of carboxylic acid groups (broad SMARTS) is 1. The van der Waals surface area contributed by atoms with Crippen molar-refractivity contribution in [3.8, 4) is 0 Å². The number of anilines is 1. The molecule has 1 aliphatic heterocycles. The van der Waals surface area contributed by atoms with Gasteiger partial charge in [-0.2, -0.15) is 0 Å². The van der Waals surface area contributed by atoms with Gasteiger partial charge >= 0.3 is 5.97 Å². The molecule has 3 rings (SSSR count). The molecule has 2 aromatic carbocycles. The first-order valence-electron chi connectivity index (χ1n) is 6.11. The lowest BCUT2D eigenvalue weighted by atomic mass is 10.0. The van der Waals surface area contributed by atoms with Crippen LogP contribution in [-0.2, 0) is 4.79 Å². The molecule has 1 amide bonds. The van der Waals surface area contributed by atoms with Crippen molar-refractivity contribution >= 4 is 29.2 Å². The predicted octanol–water partition coefficient (Wildman–Crippen LogP) is 2.88. The van der Waals surface area contributed by atoms with Crippen LogP contribution >= 0.6 is 0 Å². The van der Waals surface area contributed by atoms with Gasteiger partial charge in [0.15, 0.2) is 0 Å². The van der Waals surface area contributed by atoms with Crippen molar-refractivity contribution in [3.63, 3.8) is 0 Å². The Morgan fingerprint density at radius 1 is 1.10 bits per heavy atom. The number of hydrogen-bond donors (Lipinski definition) is 2. The van der Waals surface area contributed by atoms with Crippen molar-refractivity contribution in [1.82, 2.24) is 0 Å². The zero-order chi connectivity index (χ0) is 14.1. The topological polar surface area (TPSA) is 66.4 Å². The molecule has 4 nitrogen and oxygen atoms in total. The molecule has 0 fully saturated rings. The summed E-state index contributed by atoms with van der Waals surface area (Å²) in [5.74, 6) is -1.16. The summed E-state index contributed by atoms with van der Waals surface area (Å²) in [5, 5.41) is 11.8. The highest BCUT2D eigenvalue weighted by Crippen LogP contribution is 2.32. The number of carboxylic acids is 1. The summed E-state index contributed by atoms with van der Waals surface area (Å²) >= 11 is 0. The van der Waals surface area contributed by atoms with Crippen LogP contribution in [0.1, 0.15) is 21.5 Å². The second-order valence-electron chi connectivity index (χ2n) is 4.49. The van der Waals surface area contributed by atoms with E-state index in [9.17, 15) is 9.59 Å². The van der Waals surface area contributed by atoms with Gasteiger partial charge in [-0.25, -0.2) is 4.79 Å². The van der Waals surface area contributed by atoms with Crippen LogP contribution < -0.4 is 5.32 Å². The number of fused-ring (bicyclic) bond motifs is 1. The molecular weight excluding hydrogens is 254 g/mol. The van der Waals surface area contributed by atoms with Gasteiger partial charge in [-0.05, 0) is 29.8 Å². The van der Waals surface area contributed by atoms with Gasteiger partial charge < -0.3 is 10.4 Å². The predicted molar refractivity (Wildman–Crippen MR) is 76.3 cm³/mol. The molecule has 0 aliphatic carbocycles. The van der Waals surface area contributed by atoms with Crippen molar-refractivity contribution in [2.24, 2.45) is 0 Å². The standard InChI is InChI=1S/C16H11NO3/c18-15-13(12-6-1-2-7-14(12)17-15)9-10-4-3-5-11(8-10)16(19)20/h1-9H,(H,17,18)(H,19,20)/b13-9+. The van der Waals surface area contributed by atoms with Gasteiger partial charge in [0, 0.05) is 16.8 Å². The van der Waals surface area contributed by atoms with Crippen LogP contribution in [0.5, 0.6) is 0 Å². The van der Waals surface area contributed by atoms with Crippen molar-refractivity contribution in [3.05, 3.63) is 65.2 Å². The zero-order valence-corrected chi connectivity index (χ0v) is 10.5. The fourth-order valence-electron chi connectivity index (χ4n) is 2.21. The van der Waals surface area contributed by atoms with Gasteiger partial charge in [0.2, 0.25) is 0 Å². The third kappa shape index (κ3) is 2.07. The molecule has 0 spiro atoms. The number of amides is 1. The molecule has 0 atom stereocenters. The Balaban J connectivity index is 2.07. The number of para-hydroxylation sites is 1. The highest BCUT2D eigenvalue weighted by Gasteiger charge is 2.23. The first-order chi connectivity index (χ1) is 9.65. The fourth-order valence-corrected chi connectivity index (χ4v) is 2.21. The van der Waals surface area contributed by atoms with Crippen molar-refractivity contribution in [2.75, 3.05) is 5.32 Å². The summed E-state index contributed by atoms with van der Waals surface area (Å²) in [6, 6.07) is 13.9. The average molecular weight is 265 g/mol. The fraction of sp³-hybridized carbons (Fsp3) is 0. The van der Waals surface area contributed by atoms with E-state index in [1.54, 1.807) is 24.3 Å². The summed E-state index contributed by atoms with van der Waals surface area (Å²) in [6.07, 6.45) is 1.70. The maximum absolute atomic E-state index is 12.0. The molecule has 0 saturated heterocycles. The van der Waals surface area contributed by atoms with Crippen LogP contribution in [-0.4, -0.2) is 17.0 Å². The molecule has 4 heteroatoms. The third-order valence-corrected chi connectivity index (χ3v) is 3.15. The molecule has 1 aliphatic rings. The molecule has 1 heterocycles. The van der Waals surface area contributed by atoms with Crippen molar-refractivity contribution in [2.45, 2.75) is 0 Å². The highest BCUT2D eigenvalue weighted by atomic mass is 16.4. The van der Waals surface area contributed by atoms with Crippen LogP contribution in [0.25, 0.3) is 11.6 Å². The van der Waals surface area contributed by atoms with Crippen LogP contribution in [0.3, 0.4) is 0 Å². The Bertz CT molecular complexity index is 747. The highest BCUT2D eigenvalue weighted by molar-refractivity contribution is 6.34. The molecular formula is C16H11NO3. The SMILES string of the molecule is O=C1Nc2ccccc2/C1=C\c1cccc(C(=O)O)c1. The first kappa shape index (κ1) is 12.2. The lowest BCUT2D eigenvalue weighted by Gasteiger charge is -2.00. The van der Waals surface area contributed by atoms with E-state index < -0.39 is 5.97 Å². The summed E-state index contributed by atoms with van der Waals surface area (Å²) in [5.41, 5.74) is 3.04. The lowest BCUT2D eigenvalue weighted by Crippen LogP contribution is -2.03. The van der Waals surface area contributed by atoms with Gasteiger partial charge in [0.1, 0.15) is 0 Å². The Labute approximate surface area is 115 Å². The van der Waals surface area contributed by atoms with Gasteiger partial charge in [0.25, 0.3) is 5.91 Å². The maximum Gasteiger partial charge on any atom is 0.335 e. The third-order valence-electron chi connectivity index (χ3n) is 3.15. The van der Waals surface area contributed by atoms with E-state index in [1.165, 1.54) is 6.07 Å². The Hall–Kier alpha value is -2.88. The minimum Gasteiger partial charge on any atom is -0.478 e. The van der Waals surface area contributed by atoms with E-state index in [4.69, 9.17) is 5.11 Å². The van der Waals surface area contributed by atoms with Gasteiger partial charge in [-0.15, -0.1) is 0 Å². The van der Waals surface area contributed by atoms with E-state index in [-0.39, 0.29) is 11.5 Å². The Morgan fingerprint density at radius 2 is 1.90 bits per heavy atom. The number of carbonyl (C=O) groups is 2. The van der Waals surface area contributed by atoms with Crippen LogP contribution in [0.15, 0.2) is 48.5 Å². The summed E-state index contributed by atoms with van der Waals surface area (Å²) in [4.78, 5) is 22.9. The Morgan fingerprint density at radius 3 is 2.70 bits per heavy atom. The largest absolute Gasteiger partial charge is 0.478 e. The second kappa shape index (κ2) is 4.66. The van der Waals surface area contributed by atoms with E-state index in [0.29, 0.717) is 11.1 Å². The molecule has 2 N–H and O–H groups in total. The Kier molecular flexibility index (Phi) is 2.84. The number of aromatic carboxylic acids is 1. The summed E-state index contributed by atoms with van der Waals surface area (Å²) < 4.78 is 0. The molecule has 0 aromatic heterocycles. The van der Waals surface area contributed by atoms with Crippen molar-refractivity contribution < 1.29 is 14.7 Å². The molecule has 2 aromatic rings. The molecule has 0 unspecified atom stereocenters.